The number of carboxylic acids is 1. The largest absolute Gasteiger partial charge is 0.480 e. The van der Waals surface area contributed by atoms with Crippen LogP contribution >= 0.6 is 0 Å². The molecule has 0 heterocycles. The highest BCUT2D eigenvalue weighted by molar-refractivity contribution is 5.88. The Kier molecular flexibility index (Phi) is 6.77. The quantitative estimate of drug-likeness (QED) is 0.518. The molecule has 0 aliphatic heterocycles. The average Bonchev–Trinajstić information content (AvgIpc) is 2.27. The van der Waals surface area contributed by atoms with Gasteiger partial charge in [-0.15, -0.1) is 0 Å². The normalized spacial score (nSPS) is 13.3. The fourth-order valence-corrected chi connectivity index (χ4v) is 1.44. The van der Waals surface area contributed by atoms with Crippen LogP contribution < -0.4 is 16.0 Å². The molecule has 7 nitrogen and oxygen atoms in total. The Balaban J connectivity index is 4.27. The van der Waals surface area contributed by atoms with Crippen molar-refractivity contribution in [3.63, 3.8) is 0 Å². The third-order valence-electron chi connectivity index (χ3n) is 2.39. The highest BCUT2D eigenvalue weighted by atomic mass is 16.4. The Labute approximate surface area is 106 Å². The van der Waals surface area contributed by atoms with E-state index in [0.29, 0.717) is 19.4 Å². The van der Waals surface area contributed by atoms with Crippen molar-refractivity contribution in [3.8, 4) is 0 Å². The van der Waals surface area contributed by atoms with Gasteiger partial charge in [-0.1, -0.05) is 13.3 Å². The molecule has 104 valence electrons. The Morgan fingerprint density at radius 1 is 1.17 bits per heavy atom. The smallest absolute Gasteiger partial charge is 0.329 e. The molecule has 0 saturated carbocycles. The molecule has 0 radical (unpaired) electrons. The maximum atomic E-state index is 11.5. The Bertz CT molecular complexity index is 319. The van der Waals surface area contributed by atoms with Crippen molar-refractivity contribution in [1.82, 2.24) is 16.0 Å². The van der Waals surface area contributed by atoms with E-state index >= 15 is 0 Å². The number of nitrogens with one attached hydrogen (secondary N) is 3. The maximum absolute atomic E-state index is 11.5. The lowest BCUT2D eigenvalue weighted by atomic mass is 9.97. The van der Waals surface area contributed by atoms with Gasteiger partial charge in [0.15, 0.2) is 0 Å². The summed E-state index contributed by atoms with van der Waals surface area (Å²) in [6.07, 6.45) is 0.941. The number of hydrogen-bond donors (Lipinski definition) is 4. The zero-order valence-electron chi connectivity index (χ0n) is 11.0. The summed E-state index contributed by atoms with van der Waals surface area (Å²) in [5.41, 5.74) is -1.32. The molecule has 3 amide bonds. The summed E-state index contributed by atoms with van der Waals surface area (Å²) in [6.45, 7) is 5.33. The molecule has 0 aromatic carbocycles. The van der Waals surface area contributed by atoms with E-state index in [1.165, 1.54) is 6.92 Å². The van der Waals surface area contributed by atoms with Crippen LogP contribution in [0, 0.1) is 0 Å². The first kappa shape index (κ1) is 16.2. The monoisotopic (exact) mass is 259 g/mol. The van der Waals surface area contributed by atoms with Gasteiger partial charge in [0.25, 0.3) is 0 Å². The van der Waals surface area contributed by atoms with Crippen molar-refractivity contribution in [1.29, 1.82) is 0 Å². The molecular formula is C11H21N3O4. The van der Waals surface area contributed by atoms with Crippen LogP contribution in [0.3, 0.4) is 0 Å². The van der Waals surface area contributed by atoms with Crippen molar-refractivity contribution in [2.24, 2.45) is 0 Å². The molecular weight excluding hydrogens is 238 g/mol. The van der Waals surface area contributed by atoms with Gasteiger partial charge in [0.1, 0.15) is 5.54 Å². The molecule has 7 heteroatoms. The molecule has 0 spiro atoms. The van der Waals surface area contributed by atoms with Gasteiger partial charge in [-0.05, 0) is 20.3 Å². The van der Waals surface area contributed by atoms with Crippen LogP contribution in [0.2, 0.25) is 0 Å². The Morgan fingerprint density at radius 2 is 1.78 bits per heavy atom. The number of urea groups is 1. The highest BCUT2D eigenvalue weighted by Gasteiger charge is 2.33. The summed E-state index contributed by atoms with van der Waals surface area (Å²) >= 11 is 0. The van der Waals surface area contributed by atoms with E-state index in [0.717, 1.165) is 0 Å². The molecule has 4 N–H and O–H groups in total. The lowest BCUT2D eigenvalue weighted by Crippen LogP contribution is -2.56. The fourth-order valence-electron chi connectivity index (χ4n) is 1.44. The van der Waals surface area contributed by atoms with E-state index in [2.05, 4.69) is 16.0 Å². The second-order valence-corrected chi connectivity index (χ2v) is 4.15. The lowest BCUT2D eigenvalue weighted by molar-refractivity contribution is -0.144. The average molecular weight is 259 g/mol. The Hall–Kier alpha value is -1.79. The Morgan fingerprint density at radius 3 is 2.22 bits per heavy atom. The number of rotatable bonds is 7. The van der Waals surface area contributed by atoms with Gasteiger partial charge in [0.05, 0.1) is 6.54 Å². The second-order valence-electron chi connectivity index (χ2n) is 4.15. The van der Waals surface area contributed by atoms with Gasteiger partial charge in [-0.25, -0.2) is 9.59 Å². The van der Waals surface area contributed by atoms with Gasteiger partial charge in [-0.2, -0.15) is 0 Å². The number of amides is 3. The molecule has 0 fully saturated rings. The second kappa shape index (κ2) is 7.52. The predicted octanol–water partition coefficient (Wildman–Crippen LogP) is 0.0651. The van der Waals surface area contributed by atoms with Crippen LogP contribution in [0.4, 0.5) is 4.79 Å². The summed E-state index contributed by atoms with van der Waals surface area (Å²) in [7, 11) is 0. The highest BCUT2D eigenvalue weighted by Crippen LogP contribution is 2.12. The first-order chi connectivity index (χ1) is 8.35. The number of likely N-dealkylation sites (N-methyl/N-ethyl adjacent to an activating group) is 1. The standard InChI is InChI=1S/C11H21N3O4/c1-4-6-11(3,9(16)17)14-10(18)13-7-8(15)12-5-2/h4-7H2,1-3H3,(H,12,15)(H,16,17)(H2,13,14,18). The lowest BCUT2D eigenvalue weighted by Gasteiger charge is -2.25. The van der Waals surface area contributed by atoms with E-state index in [9.17, 15) is 14.4 Å². The molecule has 0 aromatic heterocycles. The topological polar surface area (TPSA) is 108 Å². The van der Waals surface area contributed by atoms with Crippen molar-refractivity contribution < 1.29 is 19.5 Å². The van der Waals surface area contributed by atoms with Gasteiger partial charge in [0.2, 0.25) is 5.91 Å². The number of aliphatic carboxylic acids is 1. The summed E-state index contributed by atoms with van der Waals surface area (Å²) in [6, 6.07) is -0.667. The minimum atomic E-state index is -1.32. The van der Waals surface area contributed by atoms with Gasteiger partial charge in [-0.3, -0.25) is 4.79 Å². The molecule has 0 saturated heterocycles. The van der Waals surface area contributed by atoms with Crippen molar-refractivity contribution in [2.75, 3.05) is 13.1 Å². The van der Waals surface area contributed by atoms with Crippen LogP contribution in [-0.4, -0.2) is 41.6 Å². The van der Waals surface area contributed by atoms with E-state index in [4.69, 9.17) is 5.11 Å². The van der Waals surface area contributed by atoms with Crippen LogP contribution in [0.15, 0.2) is 0 Å². The summed E-state index contributed by atoms with van der Waals surface area (Å²) in [5, 5.41) is 16.2. The first-order valence-corrected chi connectivity index (χ1v) is 5.91. The molecule has 1 atom stereocenters. The first-order valence-electron chi connectivity index (χ1n) is 5.91. The molecule has 0 rings (SSSR count). The van der Waals surface area contributed by atoms with Crippen LogP contribution in [-0.2, 0) is 9.59 Å². The van der Waals surface area contributed by atoms with Crippen molar-refractivity contribution >= 4 is 17.9 Å². The third kappa shape index (κ3) is 5.51. The van der Waals surface area contributed by atoms with E-state index in [1.807, 2.05) is 6.92 Å². The molecule has 18 heavy (non-hydrogen) atoms. The molecule has 1 unspecified atom stereocenters. The zero-order valence-corrected chi connectivity index (χ0v) is 11.0. The summed E-state index contributed by atoms with van der Waals surface area (Å²) in [4.78, 5) is 33.6. The SMILES string of the molecule is CCCC(C)(NC(=O)NCC(=O)NCC)C(=O)O. The number of carbonyl (C=O) groups excluding carboxylic acids is 2. The molecule has 0 aliphatic rings. The minimum absolute atomic E-state index is 0.179. The van der Waals surface area contributed by atoms with Crippen LogP contribution in [0.5, 0.6) is 0 Å². The van der Waals surface area contributed by atoms with E-state index in [-0.39, 0.29) is 12.5 Å². The number of carbonyl (C=O) groups is 3. The molecule has 0 aromatic rings. The molecule has 0 bridgehead atoms. The van der Waals surface area contributed by atoms with Gasteiger partial charge in [0, 0.05) is 6.54 Å². The zero-order chi connectivity index (χ0) is 14.2. The third-order valence-corrected chi connectivity index (χ3v) is 2.39. The molecule has 0 aliphatic carbocycles. The predicted molar refractivity (Wildman–Crippen MR) is 66.2 cm³/mol. The number of carboxylic acid groups (broad SMARTS) is 1. The van der Waals surface area contributed by atoms with Crippen molar-refractivity contribution in [3.05, 3.63) is 0 Å². The van der Waals surface area contributed by atoms with E-state index in [1.54, 1.807) is 6.92 Å². The van der Waals surface area contributed by atoms with Crippen molar-refractivity contribution in [2.45, 2.75) is 39.2 Å². The summed E-state index contributed by atoms with van der Waals surface area (Å²) in [5.74, 6) is -1.42. The fraction of sp³-hybridized carbons (Fsp3) is 0.727. The summed E-state index contributed by atoms with van der Waals surface area (Å²) < 4.78 is 0. The maximum Gasteiger partial charge on any atom is 0.329 e. The minimum Gasteiger partial charge on any atom is -0.480 e. The number of hydrogen-bond acceptors (Lipinski definition) is 3. The van der Waals surface area contributed by atoms with E-state index < -0.39 is 17.5 Å². The van der Waals surface area contributed by atoms with Crippen LogP contribution in [0.1, 0.15) is 33.6 Å². The van der Waals surface area contributed by atoms with Crippen LogP contribution in [0.25, 0.3) is 0 Å². The van der Waals surface area contributed by atoms with Gasteiger partial charge < -0.3 is 21.1 Å². The van der Waals surface area contributed by atoms with Gasteiger partial charge >= 0.3 is 12.0 Å².